The number of nitrogens with one attached hydrogen (secondary N) is 1. The van der Waals surface area contributed by atoms with Gasteiger partial charge in [-0.3, -0.25) is 0 Å². The van der Waals surface area contributed by atoms with Crippen LogP contribution in [0.15, 0.2) is 46.9 Å². The highest BCUT2D eigenvalue weighted by atomic mass is 35.5. The third-order valence-electron chi connectivity index (χ3n) is 3.76. The molecule has 1 aromatic heterocycles. The van der Waals surface area contributed by atoms with Crippen molar-refractivity contribution in [3.8, 4) is 0 Å². The minimum Gasteiger partial charge on any atom is -0.423 e. The molecule has 6 heteroatoms. The quantitative estimate of drug-likeness (QED) is 0.713. The van der Waals surface area contributed by atoms with E-state index in [9.17, 15) is 5.11 Å². The van der Waals surface area contributed by atoms with Crippen molar-refractivity contribution in [3.63, 3.8) is 0 Å². The number of hydrogen-bond donors (Lipinski definition) is 2. The standard InChI is InChI=1S/C18H18ClN3O2/c1-12-4-2-3-5-14(12)9-17-21-22-18(24-17)10-20-16-8-13(11-23)6-7-15(16)19/h2-8,20,23H,9-11H2,1H3. The first-order valence-electron chi connectivity index (χ1n) is 7.64. The smallest absolute Gasteiger partial charge is 0.235 e. The molecule has 3 aromatic rings. The molecule has 0 saturated carbocycles. The maximum absolute atomic E-state index is 9.19. The van der Waals surface area contributed by atoms with Gasteiger partial charge < -0.3 is 14.8 Å². The normalized spacial score (nSPS) is 10.8. The number of nitrogens with zero attached hydrogens (tertiary/aromatic N) is 2. The van der Waals surface area contributed by atoms with E-state index in [1.165, 1.54) is 11.1 Å². The van der Waals surface area contributed by atoms with E-state index < -0.39 is 0 Å². The van der Waals surface area contributed by atoms with E-state index in [1.54, 1.807) is 18.2 Å². The summed E-state index contributed by atoms with van der Waals surface area (Å²) in [7, 11) is 0. The van der Waals surface area contributed by atoms with Gasteiger partial charge in [0.2, 0.25) is 11.8 Å². The molecule has 0 fully saturated rings. The summed E-state index contributed by atoms with van der Waals surface area (Å²) in [6.07, 6.45) is 0.612. The first kappa shape index (κ1) is 16.5. The molecular weight excluding hydrogens is 326 g/mol. The number of hydrogen-bond acceptors (Lipinski definition) is 5. The van der Waals surface area contributed by atoms with Crippen molar-refractivity contribution in [3.05, 3.63) is 76.0 Å². The largest absolute Gasteiger partial charge is 0.423 e. The molecule has 24 heavy (non-hydrogen) atoms. The van der Waals surface area contributed by atoms with Crippen molar-refractivity contribution in [2.24, 2.45) is 0 Å². The molecule has 3 rings (SSSR count). The Balaban J connectivity index is 1.65. The van der Waals surface area contributed by atoms with Crippen LogP contribution in [-0.4, -0.2) is 15.3 Å². The highest BCUT2D eigenvalue weighted by Gasteiger charge is 2.09. The molecule has 0 atom stereocenters. The molecule has 0 unspecified atom stereocenters. The van der Waals surface area contributed by atoms with E-state index in [0.717, 1.165) is 11.3 Å². The third-order valence-corrected chi connectivity index (χ3v) is 4.08. The second-order valence-corrected chi connectivity index (χ2v) is 5.93. The van der Waals surface area contributed by atoms with Crippen molar-refractivity contribution in [1.82, 2.24) is 10.2 Å². The van der Waals surface area contributed by atoms with Crippen LogP contribution in [0.1, 0.15) is 28.5 Å². The first-order chi connectivity index (χ1) is 11.7. The SMILES string of the molecule is Cc1ccccc1Cc1nnc(CNc2cc(CO)ccc2Cl)o1. The second kappa shape index (κ2) is 7.47. The Morgan fingerprint density at radius 2 is 1.92 bits per heavy atom. The lowest BCUT2D eigenvalue weighted by Crippen LogP contribution is -2.01. The number of aliphatic hydroxyl groups is 1. The van der Waals surface area contributed by atoms with Gasteiger partial charge in [-0.15, -0.1) is 10.2 Å². The van der Waals surface area contributed by atoms with Gasteiger partial charge in [0, 0.05) is 0 Å². The Bertz CT molecular complexity index is 833. The lowest BCUT2D eigenvalue weighted by atomic mass is 10.1. The van der Waals surface area contributed by atoms with E-state index >= 15 is 0 Å². The Kier molecular flexibility index (Phi) is 5.13. The summed E-state index contributed by atoms with van der Waals surface area (Å²) in [5.41, 5.74) is 3.87. The van der Waals surface area contributed by atoms with Crippen LogP contribution >= 0.6 is 11.6 Å². The predicted molar refractivity (Wildman–Crippen MR) is 93.0 cm³/mol. The van der Waals surface area contributed by atoms with Gasteiger partial charge in [-0.25, -0.2) is 0 Å². The molecular formula is C18H18ClN3O2. The zero-order chi connectivity index (χ0) is 16.9. The minimum atomic E-state index is -0.0347. The molecule has 0 aliphatic rings. The molecule has 0 amide bonds. The molecule has 0 aliphatic heterocycles. The molecule has 0 spiro atoms. The van der Waals surface area contributed by atoms with Crippen molar-refractivity contribution >= 4 is 17.3 Å². The highest BCUT2D eigenvalue weighted by Crippen LogP contribution is 2.23. The Hall–Kier alpha value is -2.37. The zero-order valence-electron chi connectivity index (χ0n) is 13.3. The summed E-state index contributed by atoms with van der Waals surface area (Å²) in [5, 5.41) is 21.1. The van der Waals surface area contributed by atoms with Gasteiger partial charge in [0.1, 0.15) is 0 Å². The Labute approximate surface area is 145 Å². The molecule has 1 heterocycles. The summed E-state index contributed by atoms with van der Waals surface area (Å²) in [6, 6.07) is 13.4. The van der Waals surface area contributed by atoms with E-state index in [4.69, 9.17) is 16.0 Å². The van der Waals surface area contributed by atoms with Crippen LogP contribution in [-0.2, 0) is 19.6 Å². The van der Waals surface area contributed by atoms with Crippen LogP contribution in [0.2, 0.25) is 5.02 Å². The number of rotatable bonds is 6. The van der Waals surface area contributed by atoms with Crippen molar-refractivity contribution < 1.29 is 9.52 Å². The van der Waals surface area contributed by atoms with Crippen LogP contribution in [0.5, 0.6) is 0 Å². The maximum Gasteiger partial charge on any atom is 0.235 e. The summed E-state index contributed by atoms with van der Waals surface area (Å²) in [5.74, 6) is 1.07. The third kappa shape index (κ3) is 3.93. The topological polar surface area (TPSA) is 71.2 Å². The van der Waals surface area contributed by atoms with Gasteiger partial charge in [0.25, 0.3) is 0 Å². The van der Waals surface area contributed by atoms with E-state index in [-0.39, 0.29) is 6.61 Å². The van der Waals surface area contributed by atoms with Gasteiger partial charge in [-0.05, 0) is 35.7 Å². The fourth-order valence-electron chi connectivity index (χ4n) is 2.38. The van der Waals surface area contributed by atoms with Gasteiger partial charge >= 0.3 is 0 Å². The van der Waals surface area contributed by atoms with Crippen LogP contribution in [0.4, 0.5) is 5.69 Å². The molecule has 2 N–H and O–H groups in total. The van der Waals surface area contributed by atoms with Gasteiger partial charge in [0.15, 0.2) is 0 Å². The molecule has 0 aliphatic carbocycles. The zero-order valence-corrected chi connectivity index (χ0v) is 14.0. The van der Waals surface area contributed by atoms with Crippen LogP contribution < -0.4 is 5.32 Å². The van der Waals surface area contributed by atoms with Crippen LogP contribution in [0.3, 0.4) is 0 Å². The average molecular weight is 344 g/mol. The Morgan fingerprint density at radius 1 is 1.12 bits per heavy atom. The molecule has 2 aromatic carbocycles. The van der Waals surface area contributed by atoms with Gasteiger partial charge in [-0.1, -0.05) is 41.9 Å². The molecule has 0 radical (unpaired) electrons. The predicted octanol–water partition coefficient (Wildman–Crippen LogP) is 3.73. The lowest BCUT2D eigenvalue weighted by Gasteiger charge is -2.07. The van der Waals surface area contributed by atoms with Gasteiger partial charge in [-0.2, -0.15) is 0 Å². The van der Waals surface area contributed by atoms with Gasteiger partial charge in [0.05, 0.1) is 30.3 Å². The summed E-state index contributed by atoms with van der Waals surface area (Å²) < 4.78 is 5.68. The fraction of sp³-hybridized carbons (Fsp3) is 0.222. The van der Waals surface area contributed by atoms with Crippen LogP contribution in [0.25, 0.3) is 0 Å². The van der Waals surface area contributed by atoms with E-state index in [1.807, 2.05) is 12.1 Å². The summed E-state index contributed by atoms with van der Waals surface area (Å²) >= 11 is 6.14. The van der Waals surface area contributed by atoms with Crippen LogP contribution in [0, 0.1) is 6.92 Å². The lowest BCUT2D eigenvalue weighted by molar-refractivity contribution is 0.282. The molecule has 0 bridgehead atoms. The van der Waals surface area contributed by atoms with Crippen molar-refractivity contribution in [2.45, 2.75) is 26.5 Å². The average Bonchev–Trinajstić information content (AvgIpc) is 3.04. The number of halogens is 1. The molecule has 5 nitrogen and oxygen atoms in total. The fourth-order valence-corrected chi connectivity index (χ4v) is 2.56. The summed E-state index contributed by atoms with van der Waals surface area (Å²) in [6.45, 7) is 2.40. The Morgan fingerprint density at radius 3 is 2.71 bits per heavy atom. The van der Waals surface area contributed by atoms with E-state index in [0.29, 0.717) is 29.8 Å². The minimum absolute atomic E-state index is 0.0347. The summed E-state index contributed by atoms with van der Waals surface area (Å²) in [4.78, 5) is 0. The van der Waals surface area contributed by atoms with Crippen molar-refractivity contribution in [1.29, 1.82) is 0 Å². The number of aromatic nitrogens is 2. The number of aryl methyl sites for hydroxylation is 1. The molecule has 124 valence electrons. The molecule has 0 saturated heterocycles. The van der Waals surface area contributed by atoms with Crippen molar-refractivity contribution in [2.75, 3.05) is 5.32 Å². The number of anilines is 1. The van der Waals surface area contributed by atoms with E-state index in [2.05, 4.69) is 34.6 Å². The maximum atomic E-state index is 9.19. The second-order valence-electron chi connectivity index (χ2n) is 5.52. The monoisotopic (exact) mass is 343 g/mol. The first-order valence-corrected chi connectivity index (χ1v) is 8.02. The number of benzene rings is 2. The number of aliphatic hydroxyl groups excluding tert-OH is 1. The highest BCUT2D eigenvalue weighted by molar-refractivity contribution is 6.33.